The first-order valence-corrected chi connectivity index (χ1v) is 10.3. The lowest BCUT2D eigenvalue weighted by atomic mass is 9.80. The number of nitrogens with one attached hydrogen (secondary N) is 3. The van der Waals surface area contributed by atoms with E-state index in [1.54, 1.807) is 0 Å². The lowest BCUT2D eigenvalue weighted by Gasteiger charge is -2.46. The third kappa shape index (κ3) is 5.04. The maximum absolute atomic E-state index is 12.6. The van der Waals surface area contributed by atoms with Gasteiger partial charge in [0.25, 0.3) is 0 Å². The first-order valence-electron chi connectivity index (χ1n) is 10.3. The minimum atomic E-state index is -0.175. The lowest BCUT2D eigenvalue weighted by molar-refractivity contribution is -0.129. The molecule has 3 rings (SSSR count). The van der Waals surface area contributed by atoms with Crippen LogP contribution in [-0.2, 0) is 4.79 Å². The Hall–Kier alpha value is -2.08. The zero-order valence-corrected chi connectivity index (χ0v) is 17.7. The maximum Gasteiger partial charge on any atom is 0.315 e. The fourth-order valence-electron chi connectivity index (χ4n) is 4.95. The van der Waals surface area contributed by atoms with Gasteiger partial charge in [0, 0.05) is 30.1 Å². The van der Waals surface area contributed by atoms with Gasteiger partial charge in [-0.15, -0.1) is 0 Å². The number of carbonyl (C=O) groups is 2. The SMILES string of the molecule is CC(c1ccccc1)N1CC(NC(=O)NC2CC(C)(C)NC(C)(C)C2)CC1=O. The Labute approximate surface area is 168 Å². The van der Waals surface area contributed by atoms with E-state index in [1.165, 1.54) is 0 Å². The Morgan fingerprint density at radius 3 is 2.25 bits per heavy atom. The summed E-state index contributed by atoms with van der Waals surface area (Å²) in [7, 11) is 0. The summed E-state index contributed by atoms with van der Waals surface area (Å²) in [6, 6.07) is 9.80. The number of urea groups is 1. The molecule has 6 heteroatoms. The van der Waals surface area contributed by atoms with Crippen LogP contribution in [0.1, 0.15) is 65.5 Å². The van der Waals surface area contributed by atoms with Gasteiger partial charge in [0.1, 0.15) is 0 Å². The van der Waals surface area contributed by atoms with Gasteiger partial charge in [0.2, 0.25) is 5.91 Å². The van der Waals surface area contributed by atoms with Gasteiger partial charge in [0.15, 0.2) is 0 Å². The van der Waals surface area contributed by atoms with Gasteiger partial charge >= 0.3 is 6.03 Å². The number of rotatable bonds is 4. The minimum Gasteiger partial charge on any atom is -0.335 e. The first kappa shape index (κ1) is 20.6. The van der Waals surface area contributed by atoms with E-state index < -0.39 is 0 Å². The molecule has 2 unspecified atom stereocenters. The first-order chi connectivity index (χ1) is 13.0. The van der Waals surface area contributed by atoms with E-state index >= 15 is 0 Å². The fourth-order valence-corrected chi connectivity index (χ4v) is 4.95. The summed E-state index contributed by atoms with van der Waals surface area (Å²) in [4.78, 5) is 26.9. The summed E-state index contributed by atoms with van der Waals surface area (Å²) in [5.74, 6) is 0.0887. The molecule has 1 aromatic carbocycles. The summed E-state index contributed by atoms with van der Waals surface area (Å²) in [6.07, 6.45) is 2.11. The summed E-state index contributed by atoms with van der Waals surface area (Å²) >= 11 is 0. The molecule has 0 saturated carbocycles. The van der Waals surface area contributed by atoms with Gasteiger partial charge in [-0.3, -0.25) is 4.79 Å². The van der Waals surface area contributed by atoms with E-state index in [0.29, 0.717) is 13.0 Å². The van der Waals surface area contributed by atoms with Crippen LogP contribution in [0.3, 0.4) is 0 Å². The largest absolute Gasteiger partial charge is 0.335 e. The topological polar surface area (TPSA) is 73.5 Å². The monoisotopic (exact) mass is 386 g/mol. The third-order valence-corrected chi connectivity index (χ3v) is 5.77. The quantitative estimate of drug-likeness (QED) is 0.745. The Bertz CT molecular complexity index is 701. The summed E-state index contributed by atoms with van der Waals surface area (Å²) < 4.78 is 0. The molecule has 0 radical (unpaired) electrons. The average molecular weight is 387 g/mol. The van der Waals surface area contributed by atoms with Gasteiger partial charge < -0.3 is 20.9 Å². The van der Waals surface area contributed by atoms with Gasteiger partial charge in [-0.05, 0) is 53.0 Å². The highest BCUT2D eigenvalue weighted by atomic mass is 16.2. The molecular weight excluding hydrogens is 352 g/mol. The van der Waals surface area contributed by atoms with Crippen molar-refractivity contribution in [3.63, 3.8) is 0 Å². The smallest absolute Gasteiger partial charge is 0.315 e. The highest BCUT2D eigenvalue weighted by molar-refractivity contribution is 5.82. The molecule has 3 amide bonds. The number of benzene rings is 1. The number of likely N-dealkylation sites (tertiary alicyclic amines) is 1. The highest BCUT2D eigenvalue weighted by Crippen LogP contribution is 2.29. The Kier molecular flexibility index (Phi) is 5.71. The molecule has 0 bridgehead atoms. The van der Waals surface area contributed by atoms with Crippen LogP contribution in [0.2, 0.25) is 0 Å². The Morgan fingerprint density at radius 1 is 1.07 bits per heavy atom. The molecule has 0 aliphatic carbocycles. The molecule has 28 heavy (non-hydrogen) atoms. The third-order valence-electron chi connectivity index (χ3n) is 5.77. The van der Waals surface area contributed by atoms with Gasteiger partial charge in [-0.2, -0.15) is 0 Å². The Balaban J connectivity index is 1.54. The van der Waals surface area contributed by atoms with Crippen molar-refractivity contribution in [1.29, 1.82) is 0 Å². The number of carbonyl (C=O) groups excluding carboxylic acids is 2. The molecule has 0 aromatic heterocycles. The molecule has 154 valence electrons. The second kappa shape index (κ2) is 7.74. The van der Waals surface area contributed by atoms with Crippen LogP contribution in [0, 0.1) is 0 Å². The van der Waals surface area contributed by atoms with E-state index in [1.807, 2.05) is 42.2 Å². The van der Waals surface area contributed by atoms with Crippen LogP contribution < -0.4 is 16.0 Å². The zero-order chi connectivity index (χ0) is 20.5. The predicted molar refractivity (Wildman–Crippen MR) is 111 cm³/mol. The van der Waals surface area contributed by atoms with Crippen molar-refractivity contribution in [2.24, 2.45) is 0 Å². The molecule has 0 spiro atoms. The van der Waals surface area contributed by atoms with Crippen molar-refractivity contribution in [1.82, 2.24) is 20.9 Å². The number of piperidine rings is 1. The van der Waals surface area contributed by atoms with E-state index in [9.17, 15) is 9.59 Å². The predicted octanol–water partition coefficient (Wildman–Crippen LogP) is 2.96. The number of amides is 3. The van der Waals surface area contributed by atoms with Crippen LogP contribution >= 0.6 is 0 Å². The lowest BCUT2D eigenvalue weighted by Crippen LogP contribution is -2.63. The summed E-state index contributed by atoms with van der Waals surface area (Å²) in [6.45, 7) is 11.2. The van der Waals surface area contributed by atoms with Crippen LogP contribution in [0.4, 0.5) is 4.79 Å². The molecule has 2 aliphatic rings. The van der Waals surface area contributed by atoms with E-state index in [4.69, 9.17) is 0 Å². The van der Waals surface area contributed by atoms with Crippen molar-refractivity contribution < 1.29 is 9.59 Å². The van der Waals surface area contributed by atoms with Crippen LogP contribution in [0.25, 0.3) is 0 Å². The maximum atomic E-state index is 12.6. The highest BCUT2D eigenvalue weighted by Gasteiger charge is 2.39. The molecule has 3 N–H and O–H groups in total. The molecule has 2 fully saturated rings. The Morgan fingerprint density at radius 2 is 1.64 bits per heavy atom. The van der Waals surface area contributed by atoms with Crippen LogP contribution in [0.15, 0.2) is 30.3 Å². The van der Waals surface area contributed by atoms with Crippen LogP contribution in [-0.4, -0.2) is 46.5 Å². The van der Waals surface area contributed by atoms with Gasteiger partial charge in [0.05, 0.1) is 12.1 Å². The van der Waals surface area contributed by atoms with Crippen molar-refractivity contribution in [3.05, 3.63) is 35.9 Å². The van der Waals surface area contributed by atoms with Gasteiger partial charge in [-0.1, -0.05) is 30.3 Å². The molecular formula is C22H34N4O2. The number of nitrogens with zero attached hydrogens (tertiary/aromatic N) is 1. The summed E-state index contributed by atoms with van der Waals surface area (Å²) in [5, 5.41) is 9.77. The van der Waals surface area contributed by atoms with Crippen molar-refractivity contribution in [2.75, 3.05) is 6.54 Å². The fraction of sp³-hybridized carbons (Fsp3) is 0.636. The second-order valence-electron chi connectivity index (χ2n) is 9.65. The van der Waals surface area contributed by atoms with Crippen molar-refractivity contribution in [2.45, 2.75) is 83.1 Å². The number of hydrogen-bond donors (Lipinski definition) is 3. The molecule has 6 nitrogen and oxygen atoms in total. The standard InChI is InChI=1S/C22H34N4O2/c1-15(16-9-7-6-8-10-16)26-14-17(11-19(26)27)23-20(28)24-18-12-21(2,3)25-22(4,5)13-18/h6-10,15,17-18,25H,11-14H2,1-5H3,(H2,23,24,28). The molecule has 1 aromatic rings. The second-order valence-corrected chi connectivity index (χ2v) is 9.65. The molecule has 2 saturated heterocycles. The molecule has 2 heterocycles. The zero-order valence-electron chi connectivity index (χ0n) is 17.7. The molecule has 2 aliphatic heterocycles. The van der Waals surface area contributed by atoms with Crippen molar-refractivity contribution >= 4 is 11.9 Å². The van der Waals surface area contributed by atoms with E-state index in [2.05, 4.69) is 43.6 Å². The normalized spacial score (nSPS) is 25.4. The number of hydrogen-bond acceptors (Lipinski definition) is 3. The van der Waals surface area contributed by atoms with Crippen LogP contribution in [0.5, 0.6) is 0 Å². The minimum absolute atomic E-state index is 0.00887. The van der Waals surface area contributed by atoms with E-state index in [0.717, 1.165) is 18.4 Å². The molecule has 2 atom stereocenters. The van der Waals surface area contributed by atoms with Gasteiger partial charge in [-0.25, -0.2) is 4.79 Å². The van der Waals surface area contributed by atoms with Crippen molar-refractivity contribution in [3.8, 4) is 0 Å². The van der Waals surface area contributed by atoms with E-state index in [-0.39, 0.29) is 41.1 Å². The average Bonchev–Trinajstić information content (AvgIpc) is 2.92. The summed E-state index contributed by atoms with van der Waals surface area (Å²) in [5.41, 5.74) is 1.07.